The van der Waals surface area contributed by atoms with Crippen LogP contribution in [0.15, 0.2) is 30.6 Å². The molecule has 0 saturated carbocycles. The number of aryl methyl sites for hydroxylation is 2. The van der Waals surface area contributed by atoms with Crippen LogP contribution in [-0.4, -0.2) is 15.8 Å². The van der Waals surface area contributed by atoms with E-state index in [2.05, 4.69) is 17.2 Å². The molecule has 0 bridgehead atoms. The Bertz CT molecular complexity index is 532. The third kappa shape index (κ3) is 3.11. The number of benzene rings is 1. The van der Waals surface area contributed by atoms with Crippen LogP contribution in [0.25, 0.3) is 0 Å². The number of nitrogens with two attached hydrogens (primary N) is 1. The van der Waals surface area contributed by atoms with Gasteiger partial charge in [0.2, 0.25) is 0 Å². The SMILES string of the molecule is Cc1ccc(CC(C)N)cc1Oc1cnn(C)c1. The van der Waals surface area contributed by atoms with Gasteiger partial charge in [0.25, 0.3) is 0 Å². The van der Waals surface area contributed by atoms with E-state index in [-0.39, 0.29) is 6.04 Å². The van der Waals surface area contributed by atoms with Gasteiger partial charge in [-0.2, -0.15) is 5.10 Å². The van der Waals surface area contributed by atoms with Gasteiger partial charge in [0.05, 0.1) is 12.4 Å². The molecule has 2 aromatic rings. The second-order valence-electron chi connectivity index (χ2n) is 4.73. The second kappa shape index (κ2) is 5.23. The summed E-state index contributed by atoms with van der Waals surface area (Å²) in [6, 6.07) is 6.35. The van der Waals surface area contributed by atoms with E-state index in [0.29, 0.717) is 0 Å². The Kier molecular flexibility index (Phi) is 3.67. The van der Waals surface area contributed by atoms with Crippen molar-refractivity contribution in [2.24, 2.45) is 12.8 Å². The van der Waals surface area contributed by atoms with Crippen LogP contribution < -0.4 is 10.5 Å². The van der Waals surface area contributed by atoms with E-state index in [1.54, 1.807) is 10.9 Å². The molecule has 1 unspecified atom stereocenters. The molecular formula is C14H19N3O. The van der Waals surface area contributed by atoms with Gasteiger partial charge in [-0.3, -0.25) is 4.68 Å². The standard InChI is InChI=1S/C14H19N3O/c1-10-4-5-12(6-11(2)15)7-14(10)18-13-8-16-17(3)9-13/h4-5,7-9,11H,6,15H2,1-3H3. The number of hydrogen-bond acceptors (Lipinski definition) is 3. The molecular weight excluding hydrogens is 226 g/mol. The lowest BCUT2D eigenvalue weighted by molar-refractivity contribution is 0.477. The van der Waals surface area contributed by atoms with Crippen LogP contribution in [0.2, 0.25) is 0 Å². The third-order valence-corrected chi connectivity index (χ3v) is 2.72. The minimum atomic E-state index is 0.152. The molecule has 2 rings (SSSR count). The second-order valence-corrected chi connectivity index (χ2v) is 4.73. The van der Waals surface area contributed by atoms with E-state index in [4.69, 9.17) is 10.5 Å². The maximum Gasteiger partial charge on any atom is 0.165 e. The summed E-state index contributed by atoms with van der Waals surface area (Å²) < 4.78 is 7.55. The first kappa shape index (κ1) is 12.6. The monoisotopic (exact) mass is 245 g/mol. The number of ether oxygens (including phenoxy) is 1. The lowest BCUT2D eigenvalue weighted by Crippen LogP contribution is -2.17. The summed E-state index contributed by atoms with van der Waals surface area (Å²) in [6.07, 6.45) is 4.40. The topological polar surface area (TPSA) is 53.1 Å². The van der Waals surface area contributed by atoms with Crippen molar-refractivity contribution in [3.8, 4) is 11.5 Å². The van der Waals surface area contributed by atoms with Crippen LogP contribution in [0.3, 0.4) is 0 Å². The Morgan fingerprint density at radius 1 is 1.44 bits per heavy atom. The molecule has 0 amide bonds. The molecule has 0 spiro atoms. The molecule has 0 aliphatic carbocycles. The first-order chi connectivity index (χ1) is 8.54. The van der Waals surface area contributed by atoms with E-state index in [1.165, 1.54) is 5.56 Å². The van der Waals surface area contributed by atoms with Crippen molar-refractivity contribution in [1.82, 2.24) is 9.78 Å². The molecule has 1 aromatic heterocycles. The maximum absolute atomic E-state index is 5.83. The van der Waals surface area contributed by atoms with Crippen molar-refractivity contribution in [3.05, 3.63) is 41.7 Å². The van der Waals surface area contributed by atoms with Crippen molar-refractivity contribution >= 4 is 0 Å². The Labute approximate surface area is 107 Å². The van der Waals surface area contributed by atoms with Gasteiger partial charge in [-0.1, -0.05) is 12.1 Å². The molecule has 1 heterocycles. The van der Waals surface area contributed by atoms with Crippen LogP contribution in [0.1, 0.15) is 18.1 Å². The number of aromatic nitrogens is 2. The van der Waals surface area contributed by atoms with Crippen LogP contribution in [-0.2, 0) is 13.5 Å². The van der Waals surface area contributed by atoms with Gasteiger partial charge < -0.3 is 10.5 Å². The summed E-state index contributed by atoms with van der Waals surface area (Å²) in [6.45, 7) is 4.03. The van der Waals surface area contributed by atoms with E-state index >= 15 is 0 Å². The summed E-state index contributed by atoms with van der Waals surface area (Å²) in [5.41, 5.74) is 8.11. The van der Waals surface area contributed by atoms with Crippen LogP contribution in [0, 0.1) is 6.92 Å². The highest BCUT2D eigenvalue weighted by atomic mass is 16.5. The van der Waals surface area contributed by atoms with Crippen LogP contribution >= 0.6 is 0 Å². The van der Waals surface area contributed by atoms with Crippen molar-refractivity contribution in [2.75, 3.05) is 0 Å². The summed E-state index contributed by atoms with van der Waals surface area (Å²) in [4.78, 5) is 0. The first-order valence-electron chi connectivity index (χ1n) is 6.06. The van der Waals surface area contributed by atoms with Crippen molar-refractivity contribution in [3.63, 3.8) is 0 Å². The summed E-state index contributed by atoms with van der Waals surface area (Å²) in [7, 11) is 1.87. The average molecular weight is 245 g/mol. The molecule has 0 fully saturated rings. The molecule has 1 aromatic carbocycles. The molecule has 0 aliphatic heterocycles. The highest BCUT2D eigenvalue weighted by Crippen LogP contribution is 2.26. The lowest BCUT2D eigenvalue weighted by Gasteiger charge is -2.10. The quantitative estimate of drug-likeness (QED) is 0.900. The molecule has 0 aliphatic rings. The minimum Gasteiger partial charge on any atom is -0.454 e. The minimum absolute atomic E-state index is 0.152. The average Bonchev–Trinajstić information content (AvgIpc) is 2.68. The zero-order chi connectivity index (χ0) is 13.1. The fourth-order valence-electron chi connectivity index (χ4n) is 1.83. The van der Waals surface area contributed by atoms with Gasteiger partial charge in [-0.25, -0.2) is 0 Å². The largest absolute Gasteiger partial charge is 0.454 e. The highest BCUT2D eigenvalue weighted by Gasteiger charge is 2.06. The molecule has 0 saturated heterocycles. The number of nitrogens with zero attached hydrogens (tertiary/aromatic N) is 2. The van der Waals surface area contributed by atoms with Crippen LogP contribution in [0.5, 0.6) is 11.5 Å². The third-order valence-electron chi connectivity index (χ3n) is 2.72. The summed E-state index contributed by atoms with van der Waals surface area (Å²) in [5, 5.41) is 4.08. The predicted octanol–water partition coefficient (Wildman–Crippen LogP) is 2.41. The first-order valence-corrected chi connectivity index (χ1v) is 6.06. The number of hydrogen-bond donors (Lipinski definition) is 1. The Morgan fingerprint density at radius 3 is 2.83 bits per heavy atom. The molecule has 0 radical (unpaired) electrons. The fourth-order valence-corrected chi connectivity index (χ4v) is 1.83. The Hall–Kier alpha value is -1.81. The van der Waals surface area contributed by atoms with Crippen molar-refractivity contribution in [1.29, 1.82) is 0 Å². The molecule has 4 nitrogen and oxygen atoms in total. The van der Waals surface area contributed by atoms with Gasteiger partial charge in [0.1, 0.15) is 5.75 Å². The number of rotatable bonds is 4. The van der Waals surface area contributed by atoms with E-state index in [1.807, 2.05) is 33.2 Å². The zero-order valence-electron chi connectivity index (χ0n) is 11.1. The molecule has 18 heavy (non-hydrogen) atoms. The van der Waals surface area contributed by atoms with Crippen molar-refractivity contribution in [2.45, 2.75) is 26.3 Å². The summed E-state index contributed by atoms with van der Waals surface area (Å²) in [5.74, 6) is 1.61. The highest BCUT2D eigenvalue weighted by molar-refractivity contribution is 5.39. The van der Waals surface area contributed by atoms with Gasteiger partial charge in [-0.15, -0.1) is 0 Å². The van der Waals surface area contributed by atoms with Crippen molar-refractivity contribution < 1.29 is 4.74 Å². The Balaban J connectivity index is 2.20. The lowest BCUT2D eigenvalue weighted by atomic mass is 10.1. The van der Waals surface area contributed by atoms with Gasteiger partial charge in [-0.05, 0) is 37.5 Å². The zero-order valence-corrected chi connectivity index (χ0v) is 11.1. The van der Waals surface area contributed by atoms with E-state index < -0.39 is 0 Å². The smallest absolute Gasteiger partial charge is 0.165 e. The van der Waals surface area contributed by atoms with E-state index in [0.717, 1.165) is 23.5 Å². The van der Waals surface area contributed by atoms with Crippen LogP contribution in [0.4, 0.5) is 0 Å². The van der Waals surface area contributed by atoms with Gasteiger partial charge in [0.15, 0.2) is 5.75 Å². The van der Waals surface area contributed by atoms with Gasteiger partial charge >= 0.3 is 0 Å². The Morgan fingerprint density at radius 2 is 2.22 bits per heavy atom. The molecule has 96 valence electrons. The van der Waals surface area contributed by atoms with Gasteiger partial charge in [0, 0.05) is 13.1 Å². The predicted molar refractivity (Wildman–Crippen MR) is 71.8 cm³/mol. The van der Waals surface area contributed by atoms with E-state index in [9.17, 15) is 0 Å². The summed E-state index contributed by atoms with van der Waals surface area (Å²) >= 11 is 0. The maximum atomic E-state index is 5.83. The normalized spacial score (nSPS) is 12.4. The molecule has 1 atom stereocenters. The fraction of sp³-hybridized carbons (Fsp3) is 0.357. The molecule has 4 heteroatoms. The molecule has 2 N–H and O–H groups in total.